The van der Waals surface area contributed by atoms with Gasteiger partial charge >= 0.3 is 0 Å². The van der Waals surface area contributed by atoms with Crippen molar-refractivity contribution in [3.8, 4) is 5.75 Å². The number of ether oxygens (including phenoxy) is 1. The van der Waals surface area contributed by atoms with Gasteiger partial charge in [-0.1, -0.05) is 0 Å². The molecule has 0 fully saturated rings. The highest BCUT2D eigenvalue weighted by Crippen LogP contribution is 2.33. The zero-order valence-electron chi connectivity index (χ0n) is 6.83. The number of benzene rings is 1. The summed E-state index contributed by atoms with van der Waals surface area (Å²) in [5, 5.41) is 0.989. The van der Waals surface area contributed by atoms with Crippen molar-refractivity contribution in [2.75, 3.05) is 6.61 Å². The number of fused-ring (bicyclic) bond motifs is 3. The van der Waals surface area contributed by atoms with Crippen LogP contribution in [0.3, 0.4) is 0 Å². The molecule has 0 aliphatic carbocycles. The Morgan fingerprint density at radius 1 is 1.31 bits per heavy atom. The lowest BCUT2D eigenvalue weighted by Gasteiger charge is -1.97. The van der Waals surface area contributed by atoms with Crippen molar-refractivity contribution in [1.29, 1.82) is 0 Å². The van der Waals surface area contributed by atoms with E-state index in [2.05, 4.69) is 4.98 Å². The molecule has 1 aromatic carbocycles. The Labute approximate surface area is 74.3 Å². The van der Waals surface area contributed by atoms with E-state index >= 15 is 0 Å². The predicted molar refractivity (Wildman–Crippen MR) is 48.1 cm³/mol. The minimum Gasteiger partial charge on any atom is -0.484 e. The molecule has 2 heterocycles. The molecule has 3 nitrogen and oxygen atoms in total. The van der Waals surface area contributed by atoms with Crippen LogP contribution >= 0.6 is 0 Å². The number of rotatable bonds is 0. The minimum atomic E-state index is 0.0677. The average molecular weight is 173 g/mol. The van der Waals surface area contributed by atoms with Crippen molar-refractivity contribution in [2.45, 2.75) is 0 Å². The van der Waals surface area contributed by atoms with Crippen molar-refractivity contribution in [3.05, 3.63) is 30.0 Å². The fraction of sp³-hybridized carbons (Fsp3) is 0.100. The maximum absolute atomic E-state index is 11.3. The van der Waals surface area contributed by atoms with Crippen LogP contribution in [0.1, 0.15) is 10.4 Å². The van der Waals surface area contributed by atoms with Crippen molar-refractivity contribution >= 4 is 16.7 Å². The Hall–Kier alpha value is -1.77. The largest absolute Gasteiger partial charge is 0.484 e. The molecule has 0 unspecified atom stereocenters. The summed E-state index contributed by atoms with van der Waals surface area (Å²) in [4.78, 5) is 14.4. The summed E-state index contributed by atoms with van der Waals surface area (Å²) in [7, 11) is 0. The Morgan fingerprint density at radius 2 is 2.23 bits per heavy atom. The number of aromatic nitrogens is 1. The fourth-order valence-corrected chi connectivity index (χ4v) is 1.70. The quantitative estimate of drug-likeness (QED) is 0.659. The second-order valence-corrected chi connectivity index (χ2v) is 3.09. The molecular weight excluding hydrogens is 166 g/mol. The number of hydrogen-bond acceptors (Lipinski definition) is 2. The molecule has 2 aromatic rings. The molecule has 0 atom stereocenters. The van der Waals surface area contributed by atoms with Crippen molar-refractivity contribution in [3.63, 3.8) is 0 Å². The monoisotopic (exact) mass is 173 g/mol. The Bertz CT molecular complexity index is 499. The molecule has 0 bridgehead atoms. The van der Waals surface area contributed by atoms with Gasteiger partial charge in [0.05, 0.1) is 5.56 Å². The molecule has 13 heavy (non-hydrogen) atoms. The van der Waals surface area contributed by atoms with Crippen LogP contribution in [-0.4, -0.2) is 17.4 Å². The Kier molecular flexibility index (Phi) is 1.10. The van der Waals surface area contributed by atoms with Gasteiger partial charge in [-0.2, -0.15) is 0 Å². The summed E-state index contributed by atoms with van der Waals surface area (Å²) in [5.41, 5.74) is 1.71. The van der Waals surface area contributed by atoms with Gasteiger partial charge in [0.2, 0.25) is 5.78 Å². The first-order valence-corrected chi connectivity index (χ1v) is 4.12. The second-order valence-electron chi connectivity index (χ2n) is 3.09. The lowest BCUT2D eigenvalue weighted by molar-refractivity contribution is 0.0961. The molecule has 0 radical (unpaired) electrons. The second kappa shape index (κ2) is 2.13. The lowest BCUT2D eigenvalue weighted by atomic mass is 10.1. The van der Waals surface area contributed by atoms with Crippen molar-refractivity contribution < 1.29 is 9.53 Å². The molecule has 3 heteroatoms. The van der Waals surface area contributed by atoms with Crippen LogP contribution in [0.15, 0.2) is 24.4 Å². The highest BCUT2D eigenvalue weighted by molar-refractivity contribution is 6.07. The Morgan fingerprint density at radius 3 is 3.15 bits per heavy atom. The van der Waals surface area contributed by atoms with Crippen LogP contribution in [0.2, 0.25) is 0 Å². The van der Waals surface area contributed by atoms with E-state index in [1.54, 1.807) is 0 Å². The zero-order chi connectivity index (χ0) is 8.84. The third kappa shape index (κ3) is 0.758. The van der Waals surface area contributed by atoms with E-state index in [4.69, 9.17) is 4.74 Å². The average Bonchev–Trinajstić information content (AvgIpc) is 2.70. The van der Waals surface area contributed by atoms with Gasteiger partial charge in [0.1, 0.15) is 5.75 Å². The highest BCUT2D eigenvalue weighted by atomic mass is 16.5. The SMILES string of the molecule is O=C1COc2c1ccc1[nH]ccc21. The minimum absolute atomic E-state index is 0.0677. The number of ketones is 1. The molecule has 1 aromatic heterocycles. The predicted octanol–water partition coefficient (Wildman–Crippen LogP) is 1.74. The number of carbonyl (C=O) groups is 1. The number of hydrogen-bond donors (Lipinski definition) is 1. The molecular formula is C10H7NO2. The molecule has 1 aliphatic rings. The fourth-order valence-electron chi connectivity index (χ4n) is 1.70. The van der Waals surface area contributed by atoms with E-state index in [1.807, 2.05) is 24.4 Å². The summed E-state index contributed by atoms with van der Waals surface area (Å²) >= 11 is 0. The van der Waals surface area contributed by atoms with Crippen molar-refractivity contribution in [1.82, 2.24) is 4.98 Å². The number of H-pyrrole nitrogens is 1. The summed E-state index contributed by atoms with van der Waals surface area (Å²) in [6, 6.07) is 5.64. The van der Waals surface area contributed by atoms with Gasteiger partial charge in [-0.3, -0.25) is 4.79 Å². The summed E-state index contributed by atoms with van der Waals surface area (Å²) in [6.07, 6.45) is 1.84. The number of aromatic amines is 1. The van der Waals surface area contributed by atoms with Crippen LogP contribution in [-0.2, 0) is 0 Å². The van der Waals surface area contributed by atoms with Gasteiger partial charge in [-0.05, 0) is 18.2 Å². The van der Waals surface area contributed by atoms with E-state index in [-0.39, 0.29) is 12.4 Å². The van der Waals surface area contributed by atoms with Crippen LogP contribution in [0.25, 0.3) is 10.9 Å². The number of carbonyl (C=O) groups excluding carboxylic acids is 1. The first kappa shape index (κ1) is 6.71. The zero-order valence-corrected chi connectivity index (χ0v) is 6.83. The number of nitrogens with one attached hydrogen (secondary N) is 1. The van der Waals surface area contributed by atoms with Crippen molar-refractivity contribution in [2.24, 2.45) is 0 Å². The topological polar surface area (TPSA) is 42.1 Å². The van der Waals surface area contributed by atoms with E-state index in [0.717, 1.165) is 16.7 Å². The molecule has 0 amide bonds. The standard InChI is InChI=1S/C10H7NO2/c12-9-5-13-10-6-3-4-11-8(6)2-1-7(9)10/h1-4,11H,5H2. The summed E-state index contributed by atoms with van der Waals surface area (Å²) < 4.78 is 5.31. The summed E-state index contributed by atoms with van der Waals surface area (Å²) in [5.74, 6) is 0.793. The molecule has 0 saturated heterocycles. The van der Waals surface area contributed by atoms with E-state index in [0.29, 0.717) is 5.56 Å². The molecule has 0 spiro atoms. The lowest BCUT2D eigenvalue weighted by Crippen LogP contribution is -1.98. The maximum Gasteiger partial charge on any atom is 0.203 e. The third-order valence-electron chi connectivity index (χ3n) is 2.33. The van der Waals surface area contributed by atoms with Crippen LogP contribution in [0, 0.1) is 0 Å². The van der Waals surface area contributed by atoms with E-state index in [9.17, 15) is 4.79 Å². The van der Waals surface area contributed by atoms with Gasteiger partial charge < -0.3 is 9.72 Å². The first-order chi connectivity index (χ1) is 6.36. The molecule has 1 N–H and O–H groups in total. The summed E-state index contributed by atoms with van der Waals surface area (Å²) in [6.45, 7) is 0.180. The Balaban J connectivity index is 2.45. The van der Waals surface area contributed by atoms with E-state index in [1.165, 1.54) is 0 Å². The van der Waals surface area contributed by atoms with Crippen LogP contribution in [0.4, 0.5) is 0 Å². The smallest absolute Gasteiger partial charge is 0.203 e. The maximum atomic E-state index is 11.3. The molecule has 64 valence electrons. The van der Waals surface area contributed by atoms with Gasteiger partial charge in [0.25, 0.3) is 0 Å². The molecule has 3 rings (SSSR count). The highest BCUT2D eigenvalue weighted by Gasteiger charge is 2.22. The first-order valence-electron chi connectivity index (χ1n) is 4.12. The molecule has 0 saturated carbocycles. The van der Waals surface area contributed by atoms with Crippen LogP contribution in [0.5, 0.6) is 5.75 Å². The van der Waals surface area contributed by atoms with Gasteiger partial charge in [0, 0.05) is 17.1 Å². The van der Waals surface area contributed by atoms with Gasteiger partial charge in [-0.15, -0.1) is 0 Å². The molecule has 1 aliphatic heterocycles. The normalized spacial score (nSPS) is 14.6. The van der Waals surface area contributed by atoms with E-state index < -0.39 is 0 Å². The van der Waals surface area contributed by atoms with Gasteiger partial charge in [0.15, 0.2) is 6.61 Å². The third-order valence-corrected chi connectivity index (χ3v) is 2.33. The van der Waals surface area contributed by atoms with Crippen LogP contribution < -0.4 is 4.74 Å². The number of Topliss-reactive ketones (excluding diaryl/α,β-unsaturated/α-hetero) is 1. The van der Waals surface area contributed by atoms with Gasteiger partial charge in [-0.25, -0.2) is 0 Å².